The van der Waals surface area contributed by atoms with E-state index in [9.17, 15) is 10.1 Å². The number of rotatable bonds is 5. The van der Waals surface area contributed by atoms with E-state index in [0.29, 0.717) is 17.7 Å². The molecule has 5 aromatic rings. The van der Waals surface area contributed by atoms with Crippen LogP contribution in [0, 0.1) is 11.3 Å². The molecule has 4 aromatic carbocycles. The molecule has 1 heterocycles. The smallest absolute Gasteiger partial charge is 0.249 e. The van der Waals surface area contributed by atoms with Crippen LogP contribution in [0.4, 0.5) is 0 Å². The zero-order valence-corrected chi connectivity index (χ0v) is 18.1. The average molecular weight is 431 g/mol. The van der Waals surface area contributed by atoms with Crippen LogP contribution < -0.4 is 10.5 Å². The first-order valence-corrected chi connectivity index (χ1v) is 10.6. The molecule has 5 nitrogen and oxygen atoms in total. The van der Waals surface area contributed by atoms with Gasteiger partial charge in [-0.05, 0) is 59.2 Å². The predicted octanol–water partition coefficient (Wildman–Crippen LogP) is 5.49. The van der Waals surface area contributed by atoms with Crippen molar-refractivity contribution in [1.82, 2.24) is 4.57 Å². The molecule has 33 heavy (non-hydrogen) atoms. The van der Waals surface area contributed by atoms with Gasteiger partial charge < -0.3 is 15.0 Å². The fourth-order valence-electron chi connectivity index (χ4n) is 4.40. The molecular weight excluding hydrogens is 410 g/mol. The fraction of sp³-hybridized carbons (Fsp3) is 0.0714. The molecule has 0 radical (unpaired) electrons. The third kappa shape index (κ3) is 3.58. The van der Waals surface area contributed by atoms with Crippen LogP contribution in [-0.4, -0.2) is 17.6 Å². The van der Waals surface area contributed by atoms with Crippen molar-refractivity contribution in [2.24, 2.45) is 5.73 Å². The highest BCUT2D eigenvalue weighted by molar-refractivity contribution is 6.18. The minimum Gasteiger partial charge on any atom is -0.497 e. The van der Waals surface area contributed by atoms with Gasteiger partial charge >= 0.3 is 0 Å². The van der Waals surface area contributed by atoms with Crippen molar-refractivity contribution in [3.05, 3.63) is 102 Å². The molecule has 0 spiro atoms. The number of methoxy groups -OCH3 is 1. The zero-order valence-electron chi connectivity index (χ0n) is 18.1. The van der Waals surface area contributed by atoms with E-state index in [1.165, 1.54) is 0 Å². The molecule has 2 N–H and O–H groups in total. The van der Waals surface area contributed by atoms with Crippen molar-refractivity contribution in [3.63, 3.8) is 0 Å². The molecule has 0 fully saturated rings. The predicted molar refractivity (Wildman–Crippen MR) is 130 cm³/mol. The third-order valence-electron chi connectivity index (χ3n) is 5.98. The number of ether oxygens (including phenoxy) is 1. The maximum Gasteiger partial charge on any atom is 0.249 e. The van der Waals surface area contributed by atoms with E-state index in [-0.39, 0.29) is 0 Å². The number of primary amides is 1. The quantitative estimate of drug-likeness (QED) is 0.400. The van der Waals surface area contributed by atoms with Gasteiger partial charge in [-0.2, -0.15) is 5.26 Å². The second-order valence-corrected chi connectivity index (χ2v) is 7.92. The molecule has 1 aromatic heterocycles. The fourth-order valence-corrected chi connectivity index (χ4v) is 4.40. The van der Waals surface area contributed by atoms with E-state index in [0.717, 1.165) is 44.2 Å². The van der Waals surface area contributed by atoms with Crippen LogP contribution in [0.3, 0.4) is 0 Å². The average Bonchev–Trinajstić information content (AvgIpc) is 3.17. The Bertz CT molecular complexity index is 1560. The van der Waals surface area contributed by atoms with E-state index < -0.39 is 5.91 Å². The Morgan fingerprint density at radius 1 is 0.939 bits per heavy atom. The molecule has 5 rings (SSSR count). The summed E-state index contributed by atoms with van der Waals surface area (Å²) in [5.41, 5.74) is 11.9. The number of carbonyl (C=O) groups is 1. The van der Waals surface area contributed by atoms with Crippen LogP contribution in [0.2, 0.25) is 0 Å². The Kier molecular flexibility index (Phi) is 5.04. The summed E-state index contributed by atoms with van der Waals surface area (Å²) >= 11 is 0. The molecule has 0 aliphatic carbocycles. The molecule has 0 saturated heterocycles. The van der Waals surface area contributed by atoms with Gasteiger partial charge in [0.1, 0.15) is 5.75 Å². The second kappa shape index (κ2) is 8.18. The summed E-state index contributed by atoms with van der Waals surface area (Å²) in [6, 6.07) is 29.6. The van der Waals surface area contributed by atoms with Crippen molar-refractivity contribution in [3.8, 4) is 22.9 Å². The first kappa shape index (κ1) is 20.3. The van der Waals surface area contributed by atoms with Crippen LogP contribution in [0.5, 0.6) is 5.75 Å². The number of nitrogens with zero attached hydrogens (tertiary/aromatic N) is 2. The monoisotopic (exact) mass is 431 g/mol. The van der Waals surface area contributed by atoms with Crippen molar-refractivity contribution < 1.29 is 9.53 Å². The lowest BCUT2D eigenvalue weighted by molar-refractivity contribution is 0.100. The summed E-state index contributed by atoms with van der Waals surface area (Å²) in [5, 5.41) is 11.1. The summed E-state index contributed by atoms with van der Waals surface area (Å²) in [5.74, 6) is 0.350. The summed E-state index contributed by atoms with van der Waals surface area (Å²) in [6.45, 7) is 0.559. The van der Waals surface area contributed by atoms with Crippen LogP contribution in [0.1, 0.15) is 21.5 Å². The van der Waals surface area contributed by atoms with E-state index in [4.69, 9.17) is 10.5 Å². The number of carbonyl (C=O) groups excluding carboxylic acids is 1. The SMILES string of the molecule is COc1ccc(-c2ccc3c4c(C(N)=O)cccc4n(Cc4cccc(C#N)c4)c3c2)cc1. The highest BCUT2D eigenvalue weighted by atomic mass is 16.5. The molecule has 0 saturated carbocycles. The highest BCUT2D eigenvalue weighted by Crippen LogP contribution is 2.35. The van der Waals surface area contributed by atoms with Crippen LogP contribution in [0.25, 0.3) is 32.9 Å². The molecule has 0 atom stereocenters. The standard InChI is InChI=1S/C28H21N3O2/c1-33-22-11-8-20(9-12-22)21-10-13-23-26(15-21)31(17-19-5-2-4-18(14-19)16-29)25-7-3-6-24(27(23)25)28(30)32/h2-15H,17H2,1H3,(H2,30,32). The number of benzene rings is 4. The van der Waals surface area contributed by atoms with Crippen LogP contribution in [-0.2, 0) is 6.54 Å². The summed E-state index contributed by atoms with van der Waals surface area (Å²) < 4.78 is 7.47. The maximum absolute atomic E-state index is 12.2. The minimum absolute atomic E-state index is 0.453. The molecule has 0 bridgehead atoms. The van der Waals surface area contributed by atoms with E-state index in [1.54, 1.807) is 19.2 Å². The van der Waals surface area contributed by atoms with Gasteiger partial charge in [0.15, 0.2) is 0 Å². The molecule has 160 valence electrons. The lowest BCUT2D eigenvalue weighted by Gasteiger charge is -2.10. The van der Waals surface area contributed by atoms with Crippen molar-refractivity contribution >= 4 is 27.7 Å². The van der Waals surface area contributed by atoms with Gasteiger partial charge in [0.05, 0.1) is 29.8 Å². The number of amides is 1. The number of hydrogen-bond donors (Lipinski definition) is 1. The molecule has 5 heteroatoms. The van der Waals surface area contributed by atoms with Crippen LogP contribution in [0.15, 0.2) is 84.9 Å². The van der Waals surface area contributed by atoms with E-state index in [2.05, 4.69) is 22.8 Å². The van der Waals surface area contributed by atoms with Gasteiger partial charge in [-0.3, -0.25) is 4.79 Å². The number of nitrogens with two attached hydrogens (primary N) is 1. The lowest BCUT2D eigenvalue weighted by Crippen LogP contribution is -2.11. The van der Waals surface area contributed by atoms with E-state index >= 15 is 0 Å². The van der Waals surface area contributed by atoms with Gasteiger partial charge in [-0.15, -0.1) is 0 Å². The summed E-state index contributed by atoms with van der Waals surface area (Å²) in [4.78, 5) is 12.2. The Morgan fingerprint density at radius 3 is 2.42 bits per heavy atom. The second-order valence-electron chi connectivity index (χ2n) is 7.92. The Morgan fingerprint density at radius 2 is 1.70 bits per heavy atom. The third-order valence-corrected chi connectivity index (χ3v) is 5.98. The van der Waals surface area contributed by atoms with Crippen molar-refractivity contribution in [2.45, 2.75) is 6.54 Å². The van der Waals surface area contributed by atoms with Gasteiger partial charge in [-0.1, -0.05) is 42.5 Å². The van der Waals surface area contributed by atoms with Crippen LogP contribution >= 0.6 is 0 Å². The molecule has 0 aliphatic rings. The first-order chi connectivity index (χ1) is 16.1. The normalized spacial score (nSPS) is 10.9. The lowest BCUT2D eigenvalue weighted by atomic mass is 10.0. The number of aromatic nitrogens is 1. The maximum atomic E-state index is 12.2. The van der Waals surface area contributed by atoms with Crippen molar-refractivity contribution in [1.29, 1.82) is 5.26 Å². The van der Waals surface area contributed by atoms with Crippen molar-refractivity contribution in [2.75, 3.05) is 7.11 Å². The highest BCUT2D eigenvalue weighted by Gasteiger charge is 2.17. The molecule has 1 amide bonds. The van der Waals surface area contributed by atoms with Gasteiger partial charge in [0.25, 0.3) is 0 Å². The van der Waals surface area contributed by atoms with E-state index in [1.807, 2.05) is 60.7 Å². The topological polar surface area (TPSA) is 81.0 Å². The Labute approximate surface area is 191 Å². The minimum atomic E-state index is -0.453. The molecule has 0 aliphatic heterocycles. The first-order valence-electron chi connectivity index (χ1n) is 10.6. The largest absolute Gasteiger partial charge is 0.497 e. The Hall–Kier alpha value is -4.56. The number of hydrogen-bond acceptors (Lipinski definition) is 3. The number of nitriles is 1. The van der Waals surface area contributed by atoms with Gasteiger partial charge in [0.2, 0.25) is 5.91 Å². The Balaban J connectivity index is 1.76. The molecular formula is C28H21N3O2. The zero-order chi connectivity index (χ0) is 22.9. The summed E-state index contributed by atoms with van der Waals surface area (Å²) in [7, 11) is 1.65. The summed E-state index contributed by atoms with van der Waals surface area (Å²) in [6.07, 6.45) is 0. The molecule has 0 unspecified atom stereocenters. The number of fused-ring (bicyclic) bond motifs is 3. The van der Waals surface area contributed by atoms with Gasteiger partial charge in [0, 0.05) is 22.9 Å². The van der Waals surface area contributed by atoms with Gasteiger partial charge in [-0.25, -0.2) is 0 Å².